The van der Waals surface area contributed by atoms with Crippen LogP contribution in [0.25, 0.3) is 0 Å². The van der Waals surface area contributed by atoms with Crippen molar-refractivity contribution in [1.29, 1.82) is 0 Å². The predicted molar refractivity (Wildman–Crippen MR) is 80.8 cm³/mol. The molecule has 0 aliphatic heterocycles. The molecule has 0 heterocycles. The third-order valence-corrected chi connectivity index (χ3v) is 3.24. The van der Waals surface area contributed by atoms with Gasteiger partial charge in [-0.2, -0.15) is 0 Å². The van der Waals surface area contributed by atoms with E-state index in [4.69, 9.17) is 16.3 Å². The second-order valence-electron chi connectivity index (χ2n) is 4.38. The van der Waals surface area contributed by atoms with Crippen LogP contribution >= 0.6 is 11.6 Å². The van der Waals surface area contributed by atoms with Gasteiger partial charge in [-0.1, -0.05) is 41.9 Å². The maximum Gasteiger partial charge on any atom is 0.0503 e. The van der Waals surface area contributed by atoms with E-state index in [0.717, 1.165) is 30.3 Å². The van der Waals surface area contributed by atoms with Gasteiger partial charge in [0.2, 0.25) is 0 Å². The van der Waals surface area contributed by atoms with Crippen molar-refractivity contribution in [2.75, 3.05) is 19.0 Å². The molecule has 0 unspecified atom stereocenters. The molecular weight excluding hydrogens is 258 g/mol. The van der Waals surface area contributed by atoms with Gasteiger partial charge in [-0.05, 0) is 35.7 Å². The molecule has 19 heavy (non-hydrogen) atoms. The van der Waals surface area contributed by atoms with E-state index in [1.54, 1.807) is 7.11 Å². The fourth-order valence-electron chi connectivity index (χ4n) is 1.92. The maximum atomic E-state index is 5.88. The van der Waals surface area contributed by atoms with Gasteiger partial charge in [0.25, 0.3) is 0 Å². The number of rotatable bonds is 6. The minimum absolute atomic E-state index is 0.736. The smallest absolute Gasteiger partial charge is 0.0503 e. The molecule has 0 radical (unpaired) electrons. The molecule has 0 aliphatic rings. The van der Waals surface area contributed by atoms with Crippen molar-refractivity contribution in [2.45, 2.75) is 13.0 Å². The van der Waals surface area contributed by atoms with Crippen molar-refractivity contribution in [2.24, 2.45) is 0 Å². The summed E-state index contributed by atoms with van der Waals surface area (Å²) < 4.78 is 5.13. The molecular formula is C16H18ClNO. The Labute approximate surface area is 119 Å². The molecule has 0 amide bonds. The Hall–Kier alpha value is -1.51. The highest BCUT2D eigenvalue weighted by Crippen LogP contribution is 2.17. The molecule has 2 nitrogen and oxygen atoms in total. The van der Waals surface area contributed by atoms with E-state index < -0.39 is 0 Å². The summed E-state index contributed by atoms with van der Waals surface area (Å²) in [5.41, 5.74) is 3.65. The monoisotopic (exact) mass is 275 g/mol. The first-order chi connectivity index (χ1) is 9.29. The SMILES string of the molecule is COCCc1ccccc1NCc1ccc(Cl)cc1. The average Bonchev–Trinajstić information content (AvgIpc) is 2.45. The number of anilines is 1. The lowest BCUT2D eigenvalue weighted by atomic mass is 10.1. The summed E-state index contributed by atoms with van der Waals surface area (Å²) in [4.78, 5) is 0. The highest BCUT2D eigenvalue weighted by molar-refractivity contribution is 6.30. The number of hydrogen-bond donors (Lipinski definition) is 1. The summed E-state index contributed by atoms with van der Waals surface area (Å²) in [5, 5.41) is 4.23. The van der Waals surface area contributed by atoms with Crippen LogP contribution in [0.1, 0.15) is 11.1 Å². The van der Waals surface area contributed by atoms with Gasteiger partial charge in [-0.3, -0.25) is 0 Å². The van der Waals surface area contributed by atoms with Gasteiger partial charge in [-0.25, -0.2) is 0 Å². The summed E-state index contributed by atoms with van der Waals surface area (Å²) >= 11 is 5.88. The molecule has 3 heteroatoms. The molecule has 0 saturated carbocycles. The van der Waals surface area contributed by atoms with E-state index in [1.165, 1.54) is 11.1 Å². The van der Waals surface area contributed by atoms with E-state index >= 15 is 0 Å². The predicted octanol–water partition coefficient (Wildman–Crippen LogP) is 4.14. The third-order valence-electron chi connectivity index (χ3n) is 2.99. The quantitative estimate of drug-likeness (QED) is 0.855. The fourth-order valence-corrected chi connectivity index (χ4v) is 2.05. The first-order valence-corrected chi connectivity index (χ1v) is 6.72. The Kier molecular flexibility index (Phi) is 5.25. The normalized spacial score (nSPS) is 10.4. The lowest BCUT2D eigenvalue weighted by molar-refractivity contribution is 0.202. The van der Waals surface area contributed by atoms with Crippen LogP contribution in [0.5, 0.6) is 0 Å². The van der Waals surface area contributed by atoms with E-state index in [9.17, 15) is 0 Å². The van der Waals surface area contributed by atoms with Gasteiger partial charge in [0.15, 0.2) is 0 Å². The summed E-state index contributed by atoms with van der Waals surface area (Å²) in [5.74, 6) is 0. The van der Waals surface area contributed by atoms with Crippen LogP contribution in [0.15, 0.2) is 48.5 Å². The van der Waals surface area contributed by atoms with Crippen molar-refractivity contribution in [3.8, 4) is 0 Å². The van der Waals surface area contributed by atoms with Crippen LogP contribution in [0.4, 0.5) is 5.69 Å². The molecule has 2 aromatic rings. The lowest BCUT2D eigenvalue weighted by Gasteiger charge is -2.12. The van der Waals surface area contributed by atoms with E-state index in [0.29, 0.717) is 0 Å². The molecule has 0 saturated heterocycles. The summed E-state index contributed by atoms with van der Waals surface area (Å²) in [7, 11) is 1.73. The van der Waals surface area contributed by atoms with Crippen molar-refractivity contribution in [1.82, 2.24) is 0 Å². The summed E-state index contributed by atoms with van der Waals surface area (Å²) in [6.07, 6.45) is 0.917. The number of hydrogen-bond acceptors (Lipinski definition) is 2. The molecule has 100 valence electrons. The van der Waals surface area contributed by atoms with Gasteiger partial charge < -0.3 is 10.1 Å². The van der Waals surface area contributed by atoms with Gasteiger partial charge >= 0.3 is 0 Å². The number of methoxy groups -OCH3 is 1. The van der Waals surface area contributed by atoms with Gasteiger partial charge in [0, 0.05) is 24.4 Å². The Morgan fingerprint density at radius 2 is 1.79 bits per heavy atom. The van der Waals surface area contributed by atoms with E-state index in [-0.39, 0.29) is 0 Å². The zero-order chi connectivity index (χ0) is 13.5. The molecule has 0 aromatic heterocycles. The molecule has 2 aromatic carbocycles. The molecule has 0 fully saturated rings. The molecule has 2 rings (SSSR count). The average molecular weight is 276 g/mol. The Morgan fingerprint density at radius 3 is 2.53 bits per heavy atom. The number of nitrogens with one attached hydrogen (secondary N) is 1. The highest BCUT2D eigenvalue weighted by atomic mass is 35.5. The van der Waals surface area contributed by atoms with Crippen LogP contribution in [-0.4, -0.2) is 13.7 Å². The number of benzene rings is 2. The minimum atomic E-state index is 0.736. The van der Waals surface area contributed by atoms with Crippen LogP contribution in [-0.2, 0) is 17.7 Å². The number of halogens is 1. The van der Waals surface area contributed by atoms with E-state index in [2.05, 4.69) is 23.5 Å². The van der Waals surface area contributed by atoms with Crippen LogP contribution < -0.4 is 5.32 Å². The topological polar surface area (TPSA) is 21.3 Å². The largest absolute Gasteiger partial charge is 0.384 e. The summed E-state index contributed by atoms with van der Waals surface area (Å²) in [6.45, 7) is 1.53. The Balaban J connectivity index is 2.00. The van der Waals surface area contributed by atoms with Gasteiger partial charge in [-0.15, -0.1) is 0 Å². The summed E-state index contributed by atoms with van der Waals surface area (Å²) in [6, 6.07) is 16.2. The zero-order valence-corrected chi connectivity index (χ0v) is 11.8. The Morgan fingerprint density at radius 1 is 1.05 bits per heavy atom. The first kappa shape index (κ1) is 13.9. The molecule has 0 bridgehead atoms. The second kappa shape index (κ2) is 7.17. The minimum Gasteiger partial charge on any atom is -0.384 e. The van der Waals surface area contributed by atoms with E-state index in [1.807, 2.05) is 30.3 Å². The van der Waals surface area contributed by atoms with Crippen molar-refractivity contribution >= 4 is 17.3 Å². The van der Waals surface area contributed by atoms with Gasteiger partial charge in [0.1, 0.15) is 0 Å². The third kappa shape index (κ3) is 4.27. The van der Waals surface area contributed by atoms with Crippen molar-refractivity contribution in [3.05, 3.63) is 64.7 Å². The first-order valence-electron chi connectivity index (χ1n) is 6.35. The molecule has 0 spiro atoms. The lowest BCUT2D eigenvalue weighted by Crippen LogP contribution is -2.04. The Bertz CT molecular complexity index is 510. The van der Waals surface area contributed by atoms with Crippen molar-refractivity contribution < 1.29 is 4.74 Å². The van der Waals surface area contributed by atoms with Gasteiger partial charge in [0.05, 0.1) is 6.61 Å². The molecule has 0 aliphatic carbocycles. The fraction of sp³-hybridized carbons (Fsp3) is 0.250. The highest BCUT2D eigenvalue weighted by Gasteiger charge is 2.01. The number of para-hydroxylation sites is 1. The molecule has 0 atom stereocenters. The maximum absolute atomic E-state index is 5.88. The zero-order valence-electron chi connectivity index (χ0n) is 11.0. The van der Waals surface area contributed by atoms with Crippen molar-refractivity contribution in [3.63, 3.8) is 0 Å². The van der Waals surface area contributed by atoms with Crippen LogP contribution in [0.2, 0.25) is 5.02 Å². The standard InChI is InChI=1S/C16H18ClNO/c1-19-11-10-14-4-2-3-5-16(14)18-12-13-6-8-15(17)9-7-13/h2-9,18H,10-12H2,1H3. The van der Waals surface area contributed by atoms with Crippen LogP contribution in [0.3, 0.4) is 0 Å². The second-order valence-corrected chi connectivity index (χ2v) is 4.82. The number of ether oxygens (including phenoxy) is 1. The molecule has 1 N–H and O–H groups in total. The van der Waals surface area contributed by atoms with Crippen LogP contribution in [0, 0.1) is 0 Å².